The van der Waals surface area contributed by atoms with Gasteiger partial charge in [-0.15, -0.1) is 10.2 Å². The Labute approximate surface area is 177 Å². The molecule has 0 fully saturated rings. The molecule has 4 rings (SSSR count). The minimum atomic E-state index is -0.146. The van der Waals surface area contributed by atoms with Crippen LogP contribution in [0, 0.1) is 0 Å². The summed E-state index contributed by atoms with van der Waals surface area (Å²) in [5.74, 6) is 2.57. The van der Waals surface area contributed by atoms with E-state index in [0.29, 0.717) is 12.2 Å². The maximum Gasteiger partial charge on any atom is 0.255 e. The highest BCUT2D eigenvalue weighted by molar-refractivity contribution is 6.04. The van der Waals surface area contributed by atoms with E-state index >= 15 is 0 Å². The number of aromatic nitrogens is 3. The minimum Gasteiger partial charge on any atom is -0.494 e. The van der Waals surface area contributed by atoms with Crippen molar-refractivity contribution in [3.63, 3.8) is 0 Å². The molecule has 1 N–H and O–H groups in total. The van der Waals surface area contributed by atoms with Crippen LogP contribution in [0.5, 0.6) is 5.75 Å². The topological polar surface area (TPSA) is 69.0 Å². The third-order valence-corrected chi connectivity index (χ3v) is 5.37. The monoisotopic (exact) mass is 404 g/mol. The Morgan fingerprint density at radius 1 is 1.10 bits per heavy atom. The van der Waals surface area contributed by atoms with Crippen LogP contribution in [0.4, 0.5) is 5.69 Å². The fraction of sp³-hybridized carbons (Fsp3) is 0.375. The molecule has 0 atom stereocenters. The lowest BCUT2D eigenvalue weighted by atomic mass is 10.1. The van der Waals surface area contributed by atoms with Gasteiger partial charge in [-0.1, -0.05) is 31.9 Å². The van der Waals surface area contributed by atoms with Crippen molar-refractivity contribution in [1.82, 2.24) is 14.8 Å². The molecular formula is C24H28N4O2. The summed E-state index contributed by atoms with van der Waals surface area (Å²) in [4.78, 5) is 12.7. The van der Waals surface area contributed by atoms with Crippen molar-refractivity contribution in [1.29, 1.82) is 0 Å². The van der Waals surface area contributed by atoms with Gasteiger partial charge in [0.25, 0.3) is 5.91 Å². The average Bonchev–Trinajstić information content (AvgIpc) is 3.03. The maximum atomic E-state index is 12.7. The molecule has 30 heavy (non-hydrogen) atoms. The molecule has 0 bridgehead atoms. The lowest BCUT2D eigenvalue weighted by Crippen LogP contribution is -2.12. The zero-order chi connectivity index (χ0) is 20.8. The molecule has 0 saturated carbocycles. The Bertz CT molecular complexity index is 995. The summed E-state index contributed by atoms with van der Waals surface area (Å²) in [6, 6.07) is 15.1. The number of hydrogen-bond donors (Lipinski definition) is 1. The Hall–Kier alpha value is -3.15. The molecular weight excluding hydrogens is 376 g/mol. The summed E-state index contributed by atoms with van der Waals surface area (Å²) >= 11 is 0. The number of nitrogens with one attached hydrogen (secondary N) is 1. The summed E-state index contributed by atoms with van der Waals surface area (Å²) in [7, 11) is 0. The van der Waals surface area contributed by atoms with Crippen molar-refractivity contribution in [3.8, 4) is 17.1 Å². The first-order chi connectivity index (χ1) is 14.7. The standard InChI is InChI=1S/C24H28N4O2/c1-2-3-16-30-21-13-11-18(12-14-21)24(29)25-20-9-7-8-19(17-20)23-27-26-22-10-5-4-6-15-28(22)23/h7-9,11-14,17H,2-6,10,15-16H2,1H3,(H,25,29). The van der Waals surface area contributed by atoms with E-state index in [1.807, 2.05) is 36.4 Å². The van der Waals surface area contributed by atoms with Gasteiger partial charge in [0.1, 0.15) is 11.6 Å². The van der Waals surface area contributed by atoms with E-state index < -0.39 is 0 Å². The second-order valence-electron chi connectivity index (χ2n) is 7.66. The molecule has 1 aliphatic heterocycles. The number of fused-ring (bicyclic) bond motifs is 1. The smallest absolute Gasteiger partial charge is 0.255 e. The number of carbonyl (C=O) groups excluding carboxylic acids is 1. The molecule has 3 aromatic rings. The Morgan fingerprint density at radius 2 is 1.97 bits per heavy atom. The van der Waals surface area contributed by atoms with Crippen LogP contribution in [-0.4, -0.2) is 27.3 Å². The van der Waals surface area contributed by atoms with Crippen LogP contribution in [0.2, 0.25) is 0 Å². The number of amides is 1. The van der Waals surface area contributed by atoms with Gasteiger partial charge in [-0.25, -0.2) is 0 Å². The van der Waals surface area contributed by atoms with Gasteiger partial charge < -0.3 is 14.6 Å². The van der Waals surface area contributed by atoms with Crippen molar-refractivity contribution < 1.29 is 9.53 Å². The molecule has 156 valence electrons. The molecule has 0 spiro atoms. The number of benzene rings is 2. The maximum absolute atomic E-state index is 12.7. The number of ether oxygens (including phenoxy) is 1. The van der Waals surface area contributed by atoms with Crippen LogP contribution in [0.1, 0.15) is 55.2 Å². The molecule has 0 aliphatic carbocycles. The van der Waals surface area contributed by atoms with Crippen LogP contribution >= 0.6 is 0 Å². The Kier molecular flexibility index (Phi) is 6.42. The molecule has 1 aliphatic rings. The average molecular weight is 405 g/mol. The van der Waals surface area contributed by atoms with Gasteiger partial charge in [0.15, 0.2) is 5.82 Å². The third-order valence-electron chi connectivity index (χ3n) is 5.37. The largest absolute Gasteiger partial charge is 0.494 e. The second-order valence-corrected chi connectivity index (χ2v) is 7.66. The van der Waals surface area contributed by atoms with Crippen molar-refractivity contribution >= 4 is 11.6 Å². The van der Waals surface area contributed by atoms with Crippen LogP contribution < -0.4 is 10.1 Å². The number of rotatable bonds is 7. The predicted molar refractivity (Wildman–Crippen MR) is 118 cm³/mol. The Morgan fingerprint density at radius 3 is 2.80 bits per heavy atom. The van der Waals surface area contributed by atoms with Crippen molar-refractivity contribution in [2.45, 2.75) is 52.0 Å². The van der Waals surface area contributed by atoms with Gasteiger partial charge >= 0.3 is 0 Å². The summed E-state index contributed by atoms with van der Waals surface area (Å²) in [5.41, 5.74) is 2.31. The number of nitrogens with zero attached hydrogens (tertiary/aromatic N) is 3. The van der Waals surface area contributed by atoms with E-state index in [2.05, 4.69) is 27.0 Å². The normalized spacial score (nSPS) is 13.4. The molecule has 6 heteroatoms. The SMILES string of the molecule is CCCCOc1ccc(C(=O)Nc2cccc(-c3nnc4n3CCCCC4)c2)cc1. The third kappa shape index (κ3) is 4.70. The second kappa shape index (κ2) is 9.57. The molecule has 6 nitrogen and oxygen atoms in total. The molecule has 1 aromatic heterocycles. The van der Waals surface area contributed by atoms with Gasteiger partial charge in [0, 0.05) is 29.8 Å². The van der Waals surface area contributed by atoms with Gasteiger partial charge in [-0.05, 0) is 55.7 Å². The first-order valence-corrected chi connectivity index (χ1v) is 10.8. The number of hydrogen-bond acceptors (Lipinski definition) is 4. The number of carbonyl (C=O) groups is 1. The highest BCUT2D eigenvalue weighted by Gasteiger charge is 2.16. The summed E-state index contributed by atoms with van der Waals surface area (Å²) in [5, 5.41) is 11.8. The van der Waals surface area contributed by atoms with E-state index in [4.69, 9.17) is 4.74 Å². The molecule has 2 heterocycles. The lowest BCUT2D eigenvalue weighted by Gasteiger charge is -2.10. The zero-order valence-electron chi connectivity index (χ0n) is 17.4. The molecule has 0 saturated heterocycles. The molecule has 0 radical (unpaired) electrons. The van der Waals surface area contributed by atoms with Gasteiger partial charge in [-0.3, -0.25) is 4.79 Å². The number of anilines is 1. The molecule has 0 unspecified atom stereocenters. The summed E-state index contributed by atoms with van der Waals surface area (Å²) in [6.07, 6.45) is 6.62. The summed E-state index contributed by atoms with van der Waals surface area (Å²) in [6.45, 7) is 3.77. The fourth-order valence-electron chi connectivity index (χ4n) is 3.67. The number of aryl methyl sites for hydroxylation is 1. The molecule has 1 amide bonds. The van der Waals surface area contributed by atoms with E-state index in [1.165, 1.54) is 6.42 Å². The minimum absolute atomic E-state index is 0.146. The van der Waals surface area contributed by atoms with E-state index in [9.17, 15) is 4.79 Å². The predicted octanol–water partition coefficient (Wildman–Crippen LogP) is 5.10. The van der Waals surface area contributed by atoms with Crippen LogP contribution in [0.3, 0.4) is 0 Å². The lowest BCUT2D eigenvalue weighted by molar-refractivity contribution is 0.102. The zero-order valence-corrected chi connectivity index (χ0v) is 17.4. The first kappa shape index (κ1) is 20.1. The van der Waals surface area contributed by atoms with Crippen molar-refractivity contribution in [2.24, 2.45) is 0 Å². The highest BCUT2D eigenvalue weighted by atomic mass is 16.5. The van der Waals surface area contributed by atoms with Crippen LogP contribution in [0.25, 0.3) is 11.4 Å². The van der Waals surface area contributed by atoms with E-state index in [1.54, 1.807) is 12.1 Å². The van der Waals surface area contributed by atoms with Gasteiger partial charge in [-0.2, -0.15) is 0 Å². The molecule has 2 aromatic carbocycles. The first-order valence-electron chi connectivity index (χ1n) is 10.8. The van der Waals surface area contributed by atoms with Gasteiger partial charge in [0.05, 0.1) is 6.61 Å². The van der Waals surface area contributed by atoms with Crippen molar-refractivity contribution in [3.05, 3.63) is 59.9 Å². The number of unbranched alkanes of at least 4 members (excludes halogenated alkanes) is 1. The quantitative estimate of drug-likeness (QED) is 0.556. The van der Waals surface area contributed by atoms with E-state index in [-0.39, 0.29) is 5.91 Å². The van der Waals surface area contributed by atoms with E-state index in [0.717, 1.165) is 67.3 Å². The van der Waals surface area contributed by atoms with Crippen LogP contribution in [0.15, 0.2) is 48.5 Å². The Balaban J connectivity index is 1.46. The fourth-order valence-corrected chi connectivity index (χ4v) is 3.67. The van der Waals surface area contributed by atoms with Crippen molar-refractivity contribution in [2.75, 3.05) is 11.9 Å². The van der Waals surface area contributed by atoms with Gasteiger partial charge in [0.2, 0.25) is 0 Å². The highest BCUT2D eigenvalue weighted by Crippen LogP contribution is 2.25. The summed E-state index contributed by atoms with van der Waals surface area (Å²) < 4.78 is 7.88. The van der Waals surface area contributed by atoms with Crippen LogP contribution in [-0.2, 0) is 13.0 Å².